The number of amides is 2. The Kier molecular flexibility index (Phi) is 6.31. The van der Waals surface area contributed by atoms with Gasteiger partial charge in [-0.2, -0.15) is 0 Å². The first-order valence-corrected chi connectivity index (χ1v) is 11.2. The Balaban J connectivity index is 1.79. The molecule has 0 bridgehead atoms. The lowest BCUT2D eigenvalue weighted by atomic mass is 10.0. The quantitative estimate of drug-likeness (QED) is 0.493. The summed E-state index contributed by atoms with van der Waals surface area (Å²) in [6.45, 7) is 5.17. The molecule has 1 heterocycles. The largest absolute Gasteiger partial charge is 0.378 e. The van der Waals surface area contributed by atoms with Crippen molar-refractivity contribution in [2.75, 3.05) is 30.4 Å². The molecule has 1 aliphatic heterocycles. The van der Waals surface area contributed by atoms with Crippen LogP contribution in [0.2, 0.25) is 0 Å². The summed E-state index contributed by atoms with van der Waals surface area (Å²) < 4.78 is 0. The highest BCUT2D eigenvalue weighted by atomic mass is 16.2. The van der Waals surface area contributed by atoms with Crippen LogP contribution in [-0.2, 0) is 16.1 Å². The second kappa shape index (κ2) is 9.33. The molecule has 5 nitrogen and oxygen atoms in total. The summed E-state index contributed by atoms with van der Waals surface area (Å²) in [6, 6.07) is 25.3. The van der Waals surface area contributed by atoms with Gasteiger partial charge in [0.1, 0.15) is 5.70 Å². The van der Waals surface area contributed by atoms with Crippen molar-refractivity contribution in [2.24, 2.45) is 0 Å². The number of anilines is 2. The summed E-state index contributed by atoms with van der Waals surface area (Å²) in [7, 11) is 3.91. The van der Waals surface area contributed by atoms with Gasteiger partial charge < -0.3 is 9.80 Å². The van der Waals surface area contributed by atoms with E-state index in [-0.39, 0.29) is 11.8 Å². The number of benzene rings is 3. The number of carbonyl (C=O) groups excluding carboxylic acids is 2. The maximum absolute atomic E-state index is 13.8. The number of aryl methyl sites for hydroxylation is 1. The molecule has 1 aliphatic rings. The molecule has 0 saturated heterocycles. The predicted molar refractivity (Wildman–Crippen MR) is 134 cm³/mol. The lowest BCUT2D eigenvalue weighted by Crippen LogP contribution is -2.35. The number of nitrogens with zero attached hydrogens (tertiary/aromatic N) is 3. The summed E-state index contributed by atoms with van der Waals surface area (Å²) >= 11 is 0. The zero-order valence-corrected chi connectivity index (χ0v) is 19.6. The fraction of sp³-hybridized carbons (Fsp3) is 0.214. The number of imide groups is 1. The Bertz CT molecular complexity index is 1180. The first-order chi connectivity index (χ1) is 15.9. The SMILES string of the molecule is CCN(Cc1ccccc1)C1=C(c2ccc(C)cc2)C(=O)N(c2ccc(N(C)C)cc2)C1=O. The van der Waals surface area contributed by atoms with E-state index in [1.165, 1.54) is 4.90 Å². The van der Waals surface area contributed by atoms with Crippen LogP contribution in [-0.4, -0.2) is 37.4 Å². The van der Waals surface area contributed by atoms with Crippen LogP contribution >= 0.6 is 0 Å². The molecular weight excluding hydrogens is 410 g/mol. The molecule has 3 aromatic carbocycles. The highest BCUT2D eigenvalue weighted by molar-refractivity contribution is 6.45. The van der Waals surface area contributed by atoms with Gasteiger partial charge in [0.05, 0.1) is 11.3 Å². The Morgan fingerprint density at radius 1 is 0.788 bits per heavy atom. The summed E-state index contributed by atoms with van der Waals surface area (Å²) in [6.07, 6.45) is 0. The second-order valence-electron chi connectivity index (χ2n) is 8.45. The van der Waals surface area contributed by atoms with Gasteiger partial charge in [0, 0.05) is 32.9 Å². The minimum absolute atomic E-state index is 0.286. The van der Waals surface area contributed by atoms with E-state index in [1.54, 1.807) is 0 Å². The third-order valence-corrected chi connectivity index (χ3v) is 5.94. The molecule has 0 atom stereocenters. The normalized spacial score (nSPS) is 13.6. The van der Waals surface area contributed by atoms with Gasteiger partial charge in [-0.1, -0.05) is 60.2 Å². The van der Waals surface area contributed by atoms with Crippen molar-refractivity contribution in [1.29, 1.82) is 0 Å². The molecule has 4 rings (SSSR count). The van der Waals surface area contributed by atoms with Gasteiger partial charge in [0.2, 0.25) is 0 Å². The minimum atomic E-state index is -0.289. The van der Waals surface area contributed by atoms with Crippen LogP contribution in [0.4, 0.5) is 11.4 Å². The van der Waals surface area contributed by atoms with Crippen molar-refractivity contribution in [2.45, 2.75) is 20.4 Å². The van der Waals surface area contributed by atoms with E-state index in [2.05, 4.69) is 0 Å². The van der Waals surface area contributed by atoms with Crippen molar-refractivity contribution < 1.29 is 9.59 Å². The van der Waals surface area contributed by atoms with Crippen LogP contribution in [0.25, 0.3) is 5.57 Å². The fourth-order valence-electron chi connectivity index (χ4n) is 4.08. The van der Waals surface area contributed by atoms with E-state index in [4.69, 9.17) is 0 Å². The molecule has 0 aliphatic carbocycles. The van der Waals surface area contributed by atoms with Crippen molar-refractivity contribution in [3.63, 3.8) is 0 Å². The summed E-state index contributed by atoms with van der Waals surface area (Å²) in [5.41, 5.74) is 5.43. The monoisotopic (exact) mass is 439 g/mol. The summed E-state index contributed by atoms with van der Waals surface area (Å²) in [5, 5.41) is 0. The van der Waals surface area contributed by atoms with E-state index in [0.717, 1.165) is 22.4 Å². The predicted octanol–water partition coefficient (Wildman–Crippen LogP) is 4.87. The molecule has 33 heavy (non-hydrogen) atoms. The van der Waals surface area contributed by atoms with E-state index < -0.39 is 0 Å². The number of likely N-dealkylation sites (N-methyl/N-ethyl adjacent to an activating group) is 1. The number of hydrogen-bond acceptors (Lipinski definition) is 4. The topological polar surface area (TPSA) is 43.9 Å². The van der Waals surface area contributed by atoms with Gasteiger partial charge in [-0.05, 0) is 49.2 Å². The summed E-state index contributed by atoms with van der Waals surface area (Å²) in [4.78, 5) is 32.8. The molecular formula is C28H29N3O2. The molecule has 0 radical (unpaired) electrons. The molecule has 0 aromatic heterocycles. The number of hydrogen-bond donors (Lipinski definition) is 0. The first-order valence-electron chi connectivity index (χ1n) is 11.2. The second-order valence-corrected chi connectivity index (χ2v) is 8.45. The highest BCUT2D eigenvalue weighted by Crippen LogP contribution is 2.36. The molecule has 168 valence electrons. The van der Waals surface area contributed by atoms with Gasteiger partial charge in [-0.15, -0.1) is 0 Å². The molecule has 0 spiro atoms. The van der Waals surface area contributed by atoms with Crippen LogP contribution in [0, 0.1) is 6.92 Å². The Labute approximate surface area is 195 Å². The number of carbonyl (C=O) groups is 2. The standard InChI is InChI=1S/C28H29N3O2/c1-5-30(19-21-9-7-6-8-10-21)26-25(22-13-11-20(2)12-14-22)27(32)31(28(26)33)24-17-15-23(16-18-24)29(3)4/h6-18H,5,19H2,1-4H3. The third kappa shape index (κ3) is 4.40. The average Bonchev–Trinajstić information content (AvgIpc) is 3.08. The van der Waals surface area contributed by atoms with Crippen LogP contribution in [0.1, 0.15) is 23.6 Å². The van der Waals surface area contributed by atoms with Gasteiger partial charge >= 0.3 is 0 Å². The molecule has 0 saturated carbocycles. The molecule has 5 heteroatoms. The highest BCUT2D eigenvalue weighted by Gasteiger charge is 2.42. The maximum Gasteiger partial charge on any atom is 0.282 e. The Morgan fingerprint density at radius 3 is 2.00 bits per heavy atom. The lowest BCUT2D eigenvalue weighted by molar-refractivity contribution is -0.120. The van der Waals surface area contributed by atoms with Gasteiger partial charge in [-0.3, -0.25) is 9.59 Å². The van der Waals surface area contributed by atoms with Crippen molar-refractivity contribution in [3.8, 4) is 0 Å². The molecule has 0 unspecified atom stereocenters. The smallest absolute Gasteiger partial charge is 0.282 e. The first kappa shape index (κ1) is 22.3. The van der Waals surface area contributed by atoms with Crippen LogP contribution in [0.5, 0.6) is 0 Å². The van der Waals surface area contributed by atoms with E-state index in [9.17, 15) is 9.59 Å². The Hall–Kier alpha value is -3.86. The van der Waals surface area contributed by atoms with Crippen LogP contribution < -0.4 is 9.80 Å². The van der Waals surface area contributed by atoms with E-state index >= 15 is 0 Å². The van der Waals surface area contributed by atoms with E-state index in [1.807, 2.05) is 117 Å². The molecule has 3 aromatic rings. The molecule has 0 N–H and O–H groups in total. The summed E-state index contributed by atoms with van der Waals surface area (Å²) in [5.74, 6) is -0.575. The van der Waals surface area contributed by atoms with Gasteiger partial charge in [0.25, 0.3) is 11.8 Å². The maximum atomic E-state index is 13.8. The lowest BCUT2D eigenvalue weighted by Gasteiger charge is -2.25. The third-order valence-electron chi connectivity index (χ3n) is 5.94. The van der Waals surface area contributed by atoms with E-state index in [0.29, 0.717) is 30.0 Å². The zero-order valence-electron chi connectivity index (χ0n) is 19.6. The molecule has 0 fully saturated rings. The van der Waals surface area contributed by atoms with Crippen molar-refractivity contribution in [1.82, 2.24) is 4.90 Å². The fourth-order valence-corrected chi connectivity index (χ4v) is 4.08. The number of rotatable bonds is 7. The van der Waals surface area contributed by atoms with Crippen LogP contribution in [0.15, 0.2) is 84.6 Å². The van der Waals surface area contributed by atoms with Crippen molar-refractivity contribution >= 4 is 28.8 Å². The minimum Gasteiger partial charge on any atom is -0.378 e. The Morgan fingerprint density at radius 2 is 1.42 bits per heavy atom. The van der Waals surface area contributed by atoms with Crippen molar-refractivity contribution in [3.05, 3.63) is 101 Å². The average molecular weight is 440 g/mol. The van der Waals surface area contributed by atoms with Gasteiger partial charge in [-0.25, -0.2) is 4.90 Å². The zero-order chi connectivity index (χ0) is 23.5. The van der Waals surface area contributed by atoms with Crippen LogP contribution in [0.3, 0.4) is 0 Å². The molecule has 2 amide bonds. The van der Waals surface area contributed by atoms with Gasteiger partial charge in [0.15, 0.2) is 0 Å².